The number of nitrogens with one attached hydrogen (secondary N) is 2. The highest BCUT2D eigenvalue weighted by atomic mass is 19.1. The monoisotopic (exact) mass is 459 g/mol. The molecule has 2 N–H and O–H groups in total. The summed E-state index contributed by atoms with van der Waals surface area (Å²) in [6.45, 7) is 0.817. The van der Waals surface area contributed by atoms with Crippen molar-refractivity contribution in [3.63, 3.8) is 0 Å². The Morgan fingerprint density at radius 3 is 2.32 bits per heavy atom. The summed E-state index contributed by atoms with van der Waals surface area (Å²) >= 11 is 0. The number of amides is 1. The zero-order valence-corrected chi connectivity index (χ0v) is 19.3. The smallest absolute Gasteiger partial charge is 0.309 e. The minimum Gasteiger partial charge on any atom is -0.469 e. The highest BCUT2D eigenvalue weighted by Gasteiger charge is 2.29. The molecule has 3 aromatic rings. The Balaban J connectivity index is 1.76. The van der Waals surface area contributed by atoms with Gasteiger partial charge in [0, 0.05) is 17.8 Å². The third-order valence-electron chi connectivity index (χ3n) is 5.52. The van der Waals surface area contributed by atoms with Gasteiger partial charge < -0.3 is 20.3 Å². The van der Waals surface area contributed by atoms with Gasteiger partial charge in [-0.05, 0) is 61.1 Å². The molecule has 0 bridgehead atoms. The molecule has 174 valence electrons. The molecule has 1 heterocycles. The van der Waals surface area contributed by atoms with Crippen molar-refractivity contribution in [1.29, 1.82) is 0 Å². The molecular formula is C27H26FN3O3. The number of rotatable bonds is 7. The quantitative estimate of drug-likeness (QED) is 0.401. The lowest BCUT2D eigenvalue weighted by Crippen LogP contribution is -2.11. The number of carbonyl (C=O) groups is 2. The van der Waals surface area contributed by atoms with E-state index in [1.807, 2.05) is 62.6 Å². The van der Waals surface area contributed by atoms with E-state index in [9.17, 15) is 14.0 Å². The van der Waals surface area contributed by atoms with E-state index < -0.39 is 5.82 Å². The standard InChI is InChI=1S/C27H26FN3O3/c1-31(2)16-18-6-11-21(12-7-18)29-26(19-8-4-17(5-9-19)14-24(32)34-3)25-22-13-10-20(28)15-23(22)30-27(25)33/h4-13,15,29H,14,16H2,1-3H3,(H,30,33)/b26-25-. The summed E-state index contributed by atoms with van der Waals surface area (Å²) < 4.78 is 18.5. The van der Waals surface area contributed by atoms with E-state index in [1.54, 1.807) is 6.07 Å². The molecule has 0 saturated heterocycles. The lowest BCUT2D eigenvalue weighted by atomic mass is 9.98. The molecule has 0 radical (unpaired) electrons. The van der Waals surface area contributed by atoms with Gasteiger partial charge in [0.05, 0.1) is 30.5 Å². The Hall–Kier alpha value is -3.97. The highest BCUT2D eigenvalue weighted by Crippen LogP contribution is 2.38. The van der Waals surface area contributed by atoms with Crippen LogP contribution >= 0.6 is 0 Å². The van der Waals surface area contributed by atoms with E-state index in [4.69, 9.17) is 4.74 Å². The molecule has 34 heavy (non-hydrogen) atoms. The second kappa shape index (κ2) is 9.89. The van der Waals surface area contributed by atoms with Gasteiger partial charge in [-0.15, -0.1) is 0 Å². The lowest BCUT2D eigenvalue weighted by molar-refractivity contribution is -0.139. The van der Waals surface area contributed by atoms with Gasteiger partial charge in [0.2, 0.25) is 0 Å². The van der Waals surface area contributed by atoms with Gasteiger partial charge in [-0.2, -0.15) is 0 Å². The molecular weight excluding hydrogens is 433 g/mol. The van der Waals surface area contributed by atoms with Crippen LogP contribution in [-0.4, -0.2) is 38.0 Å². The molecule has 0 atom stereocenters. The van der Waals surface area contributed by atoms with Crippen LogP contribution in [0.2, 0.25) is 0 Å². The topological polar surface area (TPSA) is 70.7 Å². The van der Waals surface area contributed by atoms with E-state index in [0.29, 0.717) is 22.5 Å². The molecule has 0 aliphatic carbocycles. The van der Waals surface area contributed by atoms with Gasteiger partial charge in [0.25, 0.3) is 5.91 Å². The first-order valence-electron chi connectivity index (χ1n) is 10.9. The van der Waals surface area contributed by atoms with Crippen LogP contribution in [0.5, 0.6) is 0 Å². The number of halogens is 1. The average molecular weight is 460 g/mol. The van der Waals surface area contributed by atoms with E-state index in [2.05, 4.69) is 15.5 Å². The molecule has 6 nitrogen and oxygen atoms in total. The van der Waals surface area contributed by atoms with Crippen molar-refractivity contribution in [2.75, 3.05) is 31.8 Å². The van der Waals surface area contributed by atoms with Gasteiger partial charge in [-0.3, -0.25) is 9.59 Å². The molecule has 0 aromatic heterocycles. The number of benzene rings is 3. The zero-order chi connectivity index (χ0) is 24.2. The summed E-state index contributed by atoms with van der Waals surface area (Å²) in [6.07, 6.45) is 0.159. The highest BCUT2D eigenvalue weighted by molar-refractivity contribution is 6.37. The number of anilines is 2. The van der Waals surface area contributed by atoms with Crippen LogP contribution in [0.4, 0.5) is 15.8 Å². The molecule has 0 unspecified atom stereocenters. The number of nitrogens with zero attached hydrogens (tertiary/aromatic N) is 1. The Bertz CT molecular complexity index is 1250. The van der Waals surface area contributed by atoms with Crippen LogP contribution in [-0.2, 0) is 27.3 Å². The number of fused-ring (bicyclic) bond motifs is 1. The average Bonchev–Trinajstić information content (AvgIpc) is 3.13. The van der Waals surface area contributed by atoms with E-state index in [1.165, 1.54) is 19.2 Å². The van der Waals surface area contributed by atoms with Crippen LogP contribution in [0.25, 0.3) is 11.3 Å². The molecule has 0 fully saturated rings. The Morgan fingerprint density at radius 2 is 1.68 bits per heavy atom. The molecule has 3 aromatic carbocycles. The van der Waals surface area contributed by atoms with Gasteiger partial charge in [-0.1, -0.05) is 36.4 Å². The molecule has 1 amide bonds. The Kier molecular flexibility index (Phi) is 6.75. The normalized spacial score (nSPS) is 14.0. The van der Waals surface area contributed by atoms with Crippen molar-refractivity contribution in [1.82, 2.24) is 4.90 Å². The Morgan fingerprint density at radius 1 is 1.00 bits per heavy atom. The van der Waals surface area contributed by atoms with Crippen LogP contribution in [0.1, 0.15) is 22.3 Å². The number of esters is 1. The number of methoxy groups -OCH3 is 1. The minimum atomic E-state index is -0.418. The van der Waals surface area contributed by atoms with Crippen molar-refractivity contribution in [3.05, 3.63) is 94.8 Å². The van der Waals surface area contributed by atoms with Gasteiger partial charge in [0.1, 0.15) is 5.82 Å². The summed E-state index contributed by atoms with van der Waals surface area (Å²) in [5.74, 6) is -1.06. The molecule has 1 aliphatic rings. The first kappa shape index (κ1) is 23.2. The molecule has 7 heteroatoms. The van der Waals surface area contributed by atoms with Crippen molar-refractivity contribution >= 4 is 34.5 Å². The van der Waals surface area contributed by atoms with E-state index in [-0.39, 0.29) is 18.3 Å². The predicted octanol–water partition coefficient (Wildman–Crippen LogP) is 4.54. The number of hydrogen-bond donors (Lipinski definition) is 2. The van der Waals surface area contributed by atoms with Crippen molar-refractivity contribution in [2.24, 2.45) is 0 Å². The number of ether oxygens (including phenoxy) is 1. The third kappa shape index (κ3) is 5.15. The minimum absolute atomic E-state index is 0.159. The number of carbonyl (C=O) groups excluding carboxylic acids is 2. The number of hydrogen-bond acceptors (Lipinski definition) is 5. The first-order chi connectivity index (χ1) is 16.3. The summed E-state index contributed by atoms with van der Waals surface area (Å²) in [7, 11) is 5.38. The van der Waals surface area contributed by atoms with Gasteiger partial charge in [0.15, 0.2) is 0 Å². The molecule has 1 aliphatic heterocycles. The maximum atomic E-state index is 13.8. The van der Waals surface area contributed by atoms with E-state index in [0.717, 1.165) is 28.9 Å². The summed E-state index contributed by atoms with van der Waals surface area (Å²) in [5.41, 5.74) is 5.60. The molecule has 0 saturated carbocycles. The fourth-order valence-corrected chi connectivity index (χ4v) is 3.90. The maximum absolute atomic E-state index is 13.8. The summed E-state index contributed by atoms with van der Waals surface area (Å²) in [6, 6.07) is 19.6. The third-order valence-corrected chi connectivity index (χ3v) is 5.52. The second-order valence-electron chi connectivity index (χ2n) is 8.40. The maximum Gasteiger partial charge on any atom is 0.309 e. The summed E-state index contributed by atoms with van der Waals surface area (Å²) in [4.78, 5) is 26.7. The zero-order valence-electron chi connectivity index (χ0n) is 19.3. The second-order valence-corrected chi connectivity index (χ2v) is 8.40. The fraction of sp³-hybridized carbons (Fsp3) is 0.185. The fourth-order valence-electron chi connectivity index (χ4n) is 3.90. The van der Waals surface area contributed by atoms with Crippen molar-refractivity contribution < 1.29 is 18.7 Å². The largest absolute Gasteiger partial charge is 0.469 e. The SMILES string of the molecule is COC(=O)Cc1ccc(/C(Nc2ccc(CN(C)C)cc2)=C2/C(=O)Nc3cc(F)ccc32)cc1. The first-order valence-corrected chi connectivity index (χ1v) is 10.9. The lowest BCUT2D eigenvalue weighted by Gasteiger charge is -2.16. The van der Waals surface area contributed by atoms with Crippen LogP contribution in [0, 0.1) is 5.82 Å². The van der Waals surface area contributed by atoms with E-state index >= 15 is 0 Å². The van der Waals surface area contributed by atoms with Crippen LogP contribution in [0.15, 0.2) is 66.7 Å². The van der Waals surface area contributed by atoms with Crippen molar-refractivity contribution in [3.8, 4) is 0 Å². The van der Waals surface area contributed by atoms with Gasteiger partial charge >= 0.3 is 5.97 Å². The molecule has 4 rings (SSSR count). The Labute approximate surface area is 198 Å². The molecule has 0 spiro atoms. The van der Waals surface area contributed by atoms with Crippen LogP contribution < -0.4 is 10.6 Å². The predicted molar refractivity (Wildman–Crippen MR) is 131 cm³/mol. The van der Waals surface area contributed by atoms with Gasteiger partial charge in [-0.25, -0.2) is 4.39 Å². The summed E-state index contributed by atoms with van der Waals surface area (Å²) in [5, 5.41) is 6.15. The van der Waals surface area contributed by atoms with Crippen LogP contribution in [0.3, 0.4) is 0 Å². The van der Waals surface area contributed by atoms with Crippen molar-refractivity contribution in [2.45, 2.75) is 13.0 Å².